The molecule has 51 heavy (non-hydrogen) atoms. The van der Waals surface area contributed by atoms with Gasteiger partial charge in [0, 0.05) is 31.6 Å². The van der Waals surface area contributed by atoms with E-state index in [2.05, 4.69) is 19.1 Å². The fraction of sp³-hybridized carbons (Fsp3) is 0.659. The maximum atomic E-state index is 13.0. The van der Waals surface area contributed by atoms with Crippen molar-refractivity contribution in [2.24, 2.45) is 11.8 Å². The predicted octanol–water partition coefficient (Wildman–Crippen LogP) is 9.85. The van der Waals surface area contributed by atoms with Crippen LogP contribution in [0.4, 0.5) is 13.2 Å². The van der Waals surface area contributed by atoms with Crippen LogP contribution in [-0.4, -0.2) is 53.7 Å². The van der Waals surface area contributed by atoms with Crippen molar-refractivity contribution in [1.82, 2.24) is 0 Å². The zero-order valence-electron chi connectivity index (χ0n) is 30.7. The molecule has 7 nitrogen and oxygen atoms in total. The van der Waals surface area contributed by atoms with Gasteiger partial charge >= 0.3 is 18.1 Å². The third-order valence-electron chi connectivity index (χ3n) is 9.09. The third kappa shape index (κ3) is 19.9. The molecule has 2 rings (SSSR count). The van der Waals surface area contributed by atoms with Crippen molar-refractivity contribution in [3.63, 3.8) is 0 Å². The summed E-state index contributed by atoms with van der Waals surface area (Å²) in [6.45, 7) is 3.73. The summed E-state index contributed by atoms with van der Waals surface area (Å²) in [5, 5.41) is 21.1. The van der Waals surface area contributed by atoms with Gasteiger partial charge in [0.05, 0.1) is 18.3 Å². The predicted molar refractivity (Wildman–Crippen MR) is 194 cm³/mol. The highest BCUT2D eigenvalue weighted by molar-refractivity contribution is 5.69. The average molecular weight is 723 g/mol. The number of carbonyl (C=O) groups excluding carboxylic acids is 2. The Morgan fingerprint density at radius 1 is 0.922 bits per heavy atom. The van der Waals surface area contributed by atoms with Crippen LogP contribution >= 0.6 is 0 Å². The zero-order chi connectivity index (χ0) is 37.3. The second-order valence-electron chi connectivity index (χ2n) is 13.5. The summed E-state index contributed by atoms with van der Waals surface area (Å²) in [6.07, 6.45) is 21.5. The number of hydrogen-bond donors (Lipinski definition) is 2. The lowest BCUT2D eigenvalue weighted by Crippen LogP contribution is -2.24. The molecule has 1 aliphatic rings. The van der Waals surface area contributed by atoms with Gasteiger partial charge < -0.3 is 24.4 Å². The molecular weight excluding hydrogens is 661 g/mol. The highest BCUT2D eigenvalue weighted by Gasteiger charge is 2.42. The van der Waals surface area contributed by atoms with Crippen molar-refractivity contribution < 1.29 is 47.2 Å². The van der Waals surface area contributed by atoms with Gasteiger partial charge in [0.15, 0.2) is 0 Å². The summed E-state index contributed by atoms with van der Waals surface area (Å²) in [4.78, 5) is 23.9. The summed E-state index contributed by atoms with van der Waals surface area (Å²) >= 11 is 0. The van der Waals surface area contributed by atoms with Gasteiger partial charge in [-0.15, -0.1) is 0 Å². The van der Waals surface area contributed by atoms with Crippen LogP contribution in [0.2, 0.25) is 0 Å². The van der Waals surface area contributed by atoms with Crippen LogP contribution in [-0.2, 0) is 25.2 Å². The maximum absolute atomic E-state index is 13.0. The Morgan fingerprint density at radius 2 is 1.57 bits per heavy atom. The number of carbonyl (C=O) groups is 2. The van der Waals surface area contributed by atoms with Crippen molar-refractivity contribution in [2.45, 2.75) is 147 Å². The lowest BCUT2D eigenvalue weighted by molar-refractivity contribution is -0.148. The molecule has 2 N–H and O–H groups in total. The van der Waals surface area contributed by atoms with E-state index in [1.807, 2.05) is 12.2 Å². The Kier molecular flexibility index (Phi) is 22.3. The fourth-order valence-electron chi connectivity index (χ4n) is 6.28. The first-order valence-corrected chi connectivity index (χ1v) is 19.0. The van der Waals surface area contributed by atoms with Crippen LogP contribution in [0, 0.1) is 11.8 Å². The van der Waals surface area contributed by atoms with Gasteiger partial charge in [0.2, 0.25) is 0 Å². The lowest BCUT2D eigenvalue weighted by atomic mass is 9.89. The van der Waals surface area contributed by atoms with Crippen LogP contribution in [0.15, 0.2) is 60.7 Å². The molecule has 0 aliphatic heterocycles. The molecule has 1 aromatic rings. The number of esters is 2. The van der Waals surface area contributed by atoms with Gasteiger partial charge in [-0.25, -0.2) is 0 Å². The quantitative estimate of drug-likeness (QED) is 0.0558. The second-order valence-corrected chi connectivity index (χ2v) is 13.5. The van der Waals surface area contributed by atoms with Crippen molar-refractivity contribution >= 4 is 11.9 Å². The molecule has 288 valence electrons. The molecule has 0 saturated heterocycles. The molecule has 0 radical (unpaired) electrons. The molecule has 0 aromatic heterocycles. The van der Waals surface area contributed by atoms with Gasteiger partial charge in [0.25, 0.3) is 0 Å². The number of unbranched alkanes of at least 4 members (excludes halogenated alkanes) is 11. The summed E-state index contributed by atoms with van der Waals surface area (Å²) in [7, 11) is 0. The third-order valence-corrected chi connectivity index (χ3v) is 9.09. The van der Waals surface area contributed by atoms with Crippen molar-refractivity contribution in [1.29, 1.82) is 0 Å². The first-order chi connectivity index (χ1) is 24.5. The summed E-state index contributed by atoms with van der Waals surface area (Å²) in [5.41, 5.74) is -0.847. The molecule has 10 heteroatoms. The topological polar surface area (TPSA) is 102 Å². The number of aliphatic hydroxyl groups is 2. The summed E-state index contributed by atoms with van der Waals surface area (Å²) in [5.74, 6) is -1.35. The summed E-state index contributed by atoms with van der Waals surface area (Å²) < 4.78 is 55.1. The highest BCUT2D eigenvalue weighted by atomic mass is 19.4. The molecular formula is C41H61F3O7. The minimum atomic E-state index is -4.51. The number of alkyl halides is 3. The normalized spacial score (nSPS) is 20.1. The molecule has 0 amide bonds. The Bertz CT molecular complexity index is 1200. The molecule has 1 aliphatic carbocycles. The van der Waals surface area contributed by atoms with E-state index in [4.69, 9.17) is 14.2 Å². The van der Waals surface area contributed by atoms with E-state index in [0.29, 0.717) is 32.3 Å². The molecule has 1 saturated carbocycles. The minimum Gasteiger partial charge on any atom is -0.491 e. The molecule has 1 aromatic carbocycles. The van der Waals surface area contributed by atoms with E-state index in [1.54, 1.807) is 6.08 Å². The van der Waals surface area contributed by atoms with E-state index in [9.17, 15) is 33.0 Å². The van der Waals surface area contributed by atoms with E-state index in [-0.39, 0.29) is 30.7 Å². The number of halogens is 3. The molecule has 5 atom stereocenters. The molecule has 0 heterocycles. The van der Waals surface area contributed by atoms with Gasteiger partial charge in [-0.05, 0) is 69.6 Å². The molecule has 0 spiro atoms. The molecule has 0 unspecified atom stereocenters. The maximum Gasteiger partial charge on any atom is 0.416 e. The molecule has 0 bridgehead atoms. The number of ether oxygens (including phenoxy) is 3. The lowest BCUT2D eigenvalue weighted by Gasteiger charge is -2.22. The van der Waals surface area contributed by atoms with Crippen molar-refractivity contribution in [3.05, 3.63) is 66.3 Å². The minimum absolute atomic E-state index is 0.0206. The van der Waals surface area contributed by atoms with E-state index < -0.39 is 41.9 Å². The summed E-state index contributed by atoms with van der Waals surface area (Å²) in [6, 6.07) is 4.41. The van der Waals surface area contributed by atoms with Crippen LogP contribution in [0.3, 0.4) is 0 Å². The van der Waals surface area contributed by atoms with Crippen molar-refractivity contribution in [2.75, 3.05) is 13.2 Å². The smallest absolute Gasteiger partial charge is 0.416 e. The van der Waals surface area contributed by atoms with Gasteiger partial charge in [0.1, 0.15) is 24.6 Å². The van der Waals surface area contributed by atoms with Crippen LogP contribution in [0.25, 0.3) is 0 Å². The molecule has 1 fully saturated rings. The fourth-order valence-corrected chi connectivity index (χ4v) is 6.28. The number of hydrogen-bond acceptors (Lipinski definition) is 7. The first kappa shape index (κ1) is 44.1. The van der Waals surface area contributed by atoms with Crippen LogP contribution in [0.1, 0.15) is 129 Å². The van der Waals surface area contributed by atoms with Gasteiger partial charge in [-0.3, -0.25) is 9.59 Å². The average Bonchev–Trinajstić information content (AvgIpc) is 3.37. The Labute approximate surface area is 303 Å². The van der Waals surface area contributed by atoms with E-state index in [0.717, 1.165) is 37.8 Å². The Balaban J connectivity index is 1.64. The number of rotatable bonds is 26. The van der Waals surface area contributed by atoms with Crippen LogP contribution in [0.5, 0.6) is 5.75 Å². The van der Waals surface area contributed by atoms with E-state index >= 15 is 0 Å². The second kappa shape index (κ2) is 25.8. The standard InChI is InChI=1S/C41H61F3O7/c1-3-4-5-6-7-8-9-10-11-12-13-14-17-20-28-49-40(48)25-19-16-15-18-24-37-36(38(47)30-39(37)51-32(2)45)27-26-34(46)31-50-35-23-21-22-33(29-35)41(42,43)44/h8-9,15,18,21-23,26-27,29,34,36-39,46-47H,3-7,10-14,16-17,19-20,24-25,28,30-31H2,1-2H3/b9-8+,18-15-,27-26+/t34-,36-,37-,38-,39+/m1/s1. The number of allylic oxidation sites excluding steroid dienone is 4. The Hall–Kier alpha value is -3.11. The largest absolute Gasteiger partial charge is 0.491 e. The van der Waals surface area contributed by atoms with E-state index in [1.165, 1.54) is 76.5 Å². The Morgan fingerprint density at radius 3 is 2.25 bits per heavy atom. The zero-order valence-corrected chi connectivity index (χ0v) is 30.7. The SMILES string of the molecule is CCCCCC/C=C/CCCCCCCCOC(=O)CCC/C=C\C[C@@H]1[C@@H](/C=C/[C@@H](O)COc2cccc(C(F)(F)F)c2)[C@H](O)C[C@@H]1OC(C)=O. The van der Waals surface area contributed by atoms with Gasteiger partial charge in [-0.2, -0.15) is 13.2 Å². The first-order valence-electron chi connectivity index (χ1n) is 19.0. The van der Waals surface area contributed by atoms with Crippen LogP contribution < -0.4 is 4.74 Å². The highest BCUT2D eigenvalue weighted by Crippen LogP contribution is 2.38. The van der Waals surface area contributed by atoms with Gasteiger partial charge in [-0.1, -0.05) is 94.4 Å². The van der Waals surface area contributed by atoms with Crippen molar-refractivity contribution in [3.8, 4) is 5.75 Å². The monoisotopic (exact) mass is 722 g/mol. The number of benzene rings is 1. The number of aliphatic hydroxyl groups excluding tert-OH is 2.